The van der Waals surface area contributed by atoms with Gasteiger partial charge in [0.1, 0.15) is 0 Å². The Bertz CT molecular complexity index is 348. The van der Waals surface area contributed by atoms with Crippen LogP contribution in [0.2, 0.25) is 0 Å². The molecule has 0 aliphatic carbocycles. The summed E-state index contributed by atoms with van der Waals surface area (Å²) in [5.74, 6) is 0.739. The molecule has 0 spiro atoms. The van der Waals surface area contributed by atoms with Crippen molar-refractivity contribution in [1.82, 2.24) is 0 Å². The average molecular weight is 234 g/mol. The smallest absolute Gasteiger partial charge is 0.0599 e. The van der Waals surface area contributed by atoms with Gasteiger partial charge in [0.25, 0.3) is 0 Å². The van der Waals surface area contributed by atoms with E-state index in [0.717, 1.165) is 37.9 Å². The van der Waals surface area contributed by atoms with E-state index in [1.54, 1.807) is 0 Å². The van der Waals surface area contributed by atoms with E-state index in [0.29, 0.717) is 0 Å². The molecule has 0 radical (unpaired) electrons. The SMILES string of the molecule is CCN(CC1CCOCC1)c1ccccc1N. The number of nitrogen functional groups attached to an aromatic ring is 1. The monoisotopic (exact) mass is 234 g/mol. The van der Waals surface area contributed by atoms with E-state index in [2.05, 4.69) is 24.0 Å². The highest BCUT2D eigenvalue weighted by Gasteiger charge is 2.17. The summed E-state index contributed by atoms with van der Waals surface area (Å²) in [6.45, 7) is 6.10. The highest BCUT2D eigenvalue weighted by molar-refractivity contribution is 5.67. The molecule has 1 heterocycles. The van der Waals surface area contributed by atoms with E-state index in [1.165, 1.54) is 18.5 Å². The van der Waals surface area contributed by atoms with E-state index >= 15 is 0 Å². The lowest BCUT2D eigenvalue weighted by Gasteiger charge is -2.31. The molecule has 17 heavy (non-hydrogen) atoms. The molecular weight excluding hydrogens is 212 g/mol. The molecule has 0 bridgehead atoms. The minimum absolute atomic E-state index is 0.739. The Morgan fingerprint density at radius 1 is 1.29 bits per heavy atom. The van der Waals surface area contributed by atoms with Crippen LogP contribution in [-0.4, -0.2) is 26.3 Å². The zero-order valence-corrected chi connectivity index (χ0v) is 10.6. The maximum atomic E-state index is 6.04. The van der Waals surface area contributed by atoms with Crippen molar-refractivity contribution in [1.29, 1.82) is 0 Å². The van der Waals surface area contributed by atoms with Gasteiger partial charge in [-0.1, -0.05) is 12.1 Å². The molecule has 0 aromatic heterocycles. The molecule has 3 heteroatoms. The van der Waals surface area contributed by atoms with Gasteiger partial charge in [-0.3, -0.25) is 0 Å². The number of rotatable bonds is 4. The van der Waals surface area contributed by atoms with Crippen LogP contribution in [0.1, 0.15) is 19.8 Å². The van der Waals surface area contributed by atoms with Gasteiger partial charge >= 0.3 is 0 Å². The van der Waals surface area contributed by atoms with Crippen molar-refractivity contribution < 1.29 is 4.74 Å². The molecule has 1 aromatic carbocycles. The first-order valence-electron chi connectivity index (χ1n) is 6.48. The Hall–Kier alpha value is -1.22. The first-order chi connectivity index (χ1) is 8.31. The van der Waals surface area contributed by atoms with Gasteiger partial charge in [0.2, 0.25) is 0 Å². The van der Waals surface area contributed by atoms with E-state index < -0.39 is 0 Å². The van der Waals surface area contributed by atoms with Crippen LogP contribution in [0.15, 0.2) is 24.3 Å². The van der Waals surface area contributed by atoms with Crippen LogP contribution in [-0.2, 0) is 4.74 Å². The largest absolute Gasteiger partial charge is 0.397 e. The van der Waals surface area contributed by atoms with Crippen molar-refractivity contribution >= 4 is 11.4 Å². The van der Waals surface area contributed by atoms with Crippen molar-refractivity contribution in [2.45, 2.75) is 19.8 Å². The number of nitrogens with two attached hydrogens (primary N) is 1. The fourth-order valence-corrected chi connectivity index (χ4v) is 2.41. The van der Waals surface area contributed by atoms with Gasteiger partial charge < -0.3 is 15.4 Å². The maximum Gasteiger partial charge on any atom is 0.0599 e. The Morgan fingerprint density at radius 2 is 2.00 bits per heavy atom. The van der Waals surface area contributed by atoms with E-state index in [9.17, 15) is 0 Å². The fourth-order valence-electron chi connectivity index (χ4n) is 2.41. The molecular formula is C14H22N2O. The Labute approximate surface area is 104 Å². The zero-order chi connectivity index (χ0) is 12.1. The van der Waals surface area contributed by atoms with E-state index in [4.69, 9.17) is 10.5 Å². The zero-order valence-electron chi connectivity index (χ0n) is 10.6. The quantitative estimate of drug-likeness (QED) is 0.814. The van der Waals surface area contributed by atoms with Crippen LogP contribution >= 0.6 is 0 Å². The Morgan fingerprint density at radius 3 is 2.65 bits per heavy atom. The van der Waals surface area contributed by atoms with Gasteiger partial charge in [-0.2, -0.15) is 0 Å². The average Bonchev–Trinajstić information content (AvgIpc) is 2.38. The summed E-state index contributed by atoms with van der Waals surface area (Å²) >= 11 is 0. The summed E-state index contributed by atoms with van der Waals surface area (Å²) in [5, 5.41) is 0. The van der Waals surface area contributed by atoms with Crippen molar-refractivity contribution in [3.05, 3.63) is 24.3 Å². The van der Waals surface area contributed by atoms with Crippen LogP contribution in [0.3, 0.4) is 0 Å². The van der Waals surface area contributed by atoms with Gasteiger partial charge in [-0.25, -0.2) is 0 Å². The highest BCUT2D eigenvalue weighted by atomic mass is 16.5. The Balaban J connectivity index is 2.03. The fraction of sp³-hybridized carbons (Fsp3) is 0.571. The second-order valence-electron chi connectivity index (χ2n) is 4.65. The molecule has 0 saturated carbocycles. The van der Waals surface area contributed by atoms with Crippen molar-refractivity contribution in [2.24, 2.45) is 5.92 Å². The predicted octanol–water partition coefficient (Wildman–Crippen LogP) is 2.52. The third-order valence-electron chi connectivity index (χ3n) is 3.48. The lowest BCUT2D eigenvalue weighted by atomic mass is 9.99. The lowest BCUT2D eigenvalue weighted by Crippen LogP contribution is -2.32. The van der Waals surface area contributed by atoms with Crippen molar-refractivity contribution in [2.75, 3.05) is 36.9 Å². The third-order valence-corrected chi connectivity index (χ3v) is 3.48. The number of hydrogen-bond acceptors (Lipinski definition) is 3. The molecule has 1 aromatic rings. The summed E-state index contributed by atoms with van der Waals surface area (Å²) in [5.41, 5.74) is 8.08. The molecule has 1 aliphatic heterocycles. The van der Waals surface area contributed by atoms with Crippen LogP contribution in [0.5, 0.6) is 0 Å². The van der Waals surface area contributed by atoms with Crippen molar-refractivity contribution in [3.63, 3.8) is 0 Å². The summed E-state index contributed by atoms with van der Waals surface area (Å²) in [6, 6.07) is 8.12. The number of benzene rings is 1. The summed E-state index contributed by atoms with van der Waals surface area (Å²) in [4.78, 5) is 2.38. The standard InChI is InChI=1S/C14H22N2O/c1-2-16(11-12-7-9-17-10-8-12)14-6-4-3-5-13(14)15/h3-6,12H,2,7-11,15H2,1H3. The molecule has 1 fully saturated rings. The minimum Gasteiger partial charge on any atom is -0.397 e. The van der Waals surface area contributed by atoms with Crippen LogP contribution in [0.25, 0.3) is 0 Å². The second-order valence-corrected chi connectivity index (χ2v) is 4.65. The first kappa shape index (κ1) is 12.2. The molecule has 3 nitrogen and oxygen atoms in total. The summed E-state index contributed by atoms with van der Waals surface area (Å²) in [6.07, 6.45) is 2.34. The third kappa shape index (κ3) is 3.13. The molecule has 2 rings (SSSR count). The lowest BCUT2D eigenvalue weighted by molar-refractivity contribution is 0.0683. The molecule has 1 saturated heterocycles. The molecule has 1 aliphatic rings. The summed E-state index contributed by atoms with van der Waals surface area (Å²) in [7, 11) is 0. The number of hydrogen-bond donors (Lipinski definition) is 1. The molecule has 0 unspecified atom stereocenters. The molecule has 2 N–H and O–H groups in total. The van der Waals surface area contributed by atoms with Gasteiger partial charge in [-0.15, -0.1) is 0 Å². The van der Waals surface area contributed by atoms with Gasteiger partial charge in [0, 0.05) is 26.3 Å². The molecule has 0 amide bonds. The normalized spacial score (nSPS) is 17.0. The van der Waals surface area contributed by atoms with Crippen LogP contribution in [0, 0.1) is 5.92 Å². The molecule has 94 valence electrons. The number of nitrogens with zero attached hydrogens (tertiary/aromatic N) is 1. The summed E-state index contributed by atoms with van der Waals surface area (Å²) < 4.78 is 5.40. The van der Waals surface area contributed by atoms with E-state index in [-0.39, 0.29) is 0 Å². The topological polar surface area (TPSA) is 38.5 Å². The number of para-hydroxylation sites is 2. The predicted molar refractivity (Wildman–Crippen MR) is 72.3 cm³/mol. The molecule has 0 atom stereocenters. The highest BCUT2D eigenvalue weighted by Crippen LogP contribution is 2.25. The number of anilines is 2. The van der Waals surface area contributed by atoms with Gasteiger partial charge in [0.15, 0.2) is 0 Å². The maximum absolute atomic E-state index is 6.04. The minimum atomic E-state index is 0.739. The number of ether oxygens (including phenoxy) is 1. The van der Waals surface area contributed by atoms with Crippen molar-refractivity contribution in [3.8, 4) is 0 Å². The van der Waals surface area contributed by atoms with Crippen LogP contribution in [0.4, 0.5) is 11.4 Å². The van der Waals surface area contributed by atoms with E-state index in [1.807, 2.05) is 12.1 Å². The van der Waals surface area contributed by atoms with Gasteiger partial charge in [-0.05, 0) is 37.8 Å². The van der Waals surface area contributed by atoms with Gasteiger partial charge in [0.05, 0.1) is 11.4 Å². The first-order valence-corrected chi connectivity index (χ1v) is 6.48. The van der Waals surface area contributed by atoms with Crippen LogP contribution < -0.4 is 10.6 Å². The second kappa shape index (κ2) is 5.92. The Kier molecular flexibility index (Phi) is 4.26.